The molecule has 0 atom stereocenters. The molecule has 0 radical (unpaired) electrons. The van der Waals surface area contributed by atoms with Gasteiger partial charge in [0.15, 0.2) is 0 Å². The monoisotopic (exact) mass is 976 g/mol. The van der Waals surface area contributed by atoms with E-state index in [1.165, 1.54) is 0 Å². The van der Waals surface area contributed by atoms with Crippen LogP contribution in [0.5, 0.6) is 0 Å². The van der Waals surface area contributed by atoms with Crippen molar-refractivity contribution in [3.8, 4) is 0 Å². The van der Waals surface area contributed by atoms with Crippen LogP contribution in [0.2, 0.25) is 0 Å². The van der Waals surface area contributed by atoms with Gasteiger partial charge in [-0.1, -0.05) is 0 Å². The van der Waals surface area contributed by atoms with E-state index in [4.69, 9.17) is 21.7 Å². The van der Waals surface area contributed by atoms with Crippen molar-refractivity contribution in [2.45, 2.75) is 0 Å². The van der Waals surface area contributed by atoms with Gasteiger partial charge in [-0.3, -0.25) is 76.7 Å². The number of carbonyl (C=O) groups excluding carboxylic acids is 12. The highest BCUT2D eigenvalue weighted by molar-refractivity contribution is 5.95. The SMILES string of the molecule is NCC(=O)NCC(=O)N(CC(=O)O)CC(=O)NCC(=O)NCC(=O)N(CC(=O)O)CC(=O)NCCNC(=O)CN(CC(=O)O)C(=O)CNC(=O)CNC(=O)CN(CC(=O)O)C(=O)CNC(=O)CN. The molecule has 0 spiro atoms. The third-order valence-electron chi connectivity index (χ3n) is 7.83. The highest BCUT2D eigenvalue weighted by Gasteiger charge is 2.25. The fourth-order valence-corrected chi connectivity index (χ4v) is 4.67. The summed E-state index contributed by atoms with van der Waals surface area (Å²) < 4.78 is 0. The second-order valence-electron chi connectivity index (χ2n) is 13.3. The zero-order chi connectivity index (χ0) is 51.9. The highest BCUT2D eigenvalue weighted by atomic mass is 16.4. The van der Waals surface area contributed by atoms with Gasteiger partial charge in [-0.15, -0.1) is 0 Å². The first kappa shape index (κ1) is 59.4. The Labute approximate surface area is 383 Å². The zero-order valence-corrected chi connectivity index (χ0v) is 36.0. The third-order valence-corrected chi connectivity index (χ3v) is 7.83. The maximum atomic E-state index is 12.7. The molecule has 0 aromatic rings. The van der Waals surface area contributed by atoms with Crippen LogP contribution >= 0.6 is 0 Å². The number of hydrogen-bond donors (Lipinski definition) is 14. The minimum Gasteiger partial charge on any atom is -0.480 e. The van der Waals surface area contributed by atoms with E-state index in [0.29, 0.717) is 19.6 Å². The van der Waals surface area contributed by atoms with E-state index in [1.807, 2.05) is 0 Å². The maximum Gasteiger partial charge on any atom is 0.323 e. The number of nitrogens with one attached hydrogen (secondary N) is 8. The Balaban J connectivity index is 4.99. The molecule has 0 heterocycles. The molecule has 0 aliphatic carbocycles. The van der Waals surface area contributed by atoms with E-state index in [-0.39, 0.29) is 13.1 Å². The summed E-state index contributed by atoms with van der Waals surface area (Å²) in [5.41, 5.74) is 10.2. The van der Waals surface area contributed by atoms with Gasteiger partial charge in [0, 0.05) is 13.1 Å². The number of carboxylic acid groups (broad SMARTS) is 4. The van der Waals surface area contributed by atoms with Crippen molar-refractivity contribution in [1.82, 2.24) is 62.1 Å². The van der Waals surface area contributed by atoms with Crippen molar-refractivity contribution in [2.75, 3.05) is 118 Å². The first-order valence-corrected chi connectivity index (χ1v) is 19.4. The number of nitrogens with two attached hydrogens (primary N) is 2. The number of aliphatic carboxylic acids is 4. The average Bonchev–Trinajstić information content (AvgIpc) is 3.26. The average molecular weight is 977 g/mol. The van der Waals surface area contributed by atoms with Gasteiger partial charge in [0.1, 0.15) is 52.4 Å². The molecule has 0 unspecified atom stereocenters. The Morgan fingerprint density at radius 2 is 0.485 bits per heavy atom. The quantitative estimate of drug-likeness (QED) is 0.0272. The second kappa shape index (κ2) is 32.2. The van der Waals surface area contributed by atoms with E-state index >= 15 is 0 Å². The minimum absolute atomic E-state index is 0.352. The molecular formula is C34H52N14O20. The first-order chi connectivity index (χ1) is 31.9. The van der Waals surface area contributed by atoms with Gasteiger partial charge >= 0.3 is 23.9 Å². The summed E-state index contributed by atoms with van der Waals surface area (Å²) in [5.74, 6) is -17.7. The Bertz CT molecular complexity index is 1800. The van der Waals surface area contributed by atoms with Crippen LogP contribution in [0.3, 0.4) is 0 Å². The highest BCUT2D eigenvalue weighted by Crippen LogP contribution is 1.95. The maximum absolute atomic E-state index is 12.7. The molecule has 12 amide bonds. The summed E-state index contributed by atoms with van der Waals surface area (Å²) in [7, 11) is 0. The molecule has 0 saturated heterocycles. The van der Waals surface area contributed by atoms with Gasteiger partial charge < -0.3 is 94.0 Å². The van der Waals surface area contributed by atoms with Gasteiger partial charge in [0.05, 0.1) is 52.4 Å². The van der Waals surface area contributed by atoms with Crippen molar-refractivity contribution in [3.05, 3.63) is 0 Å². The predicted molar refractivity (Wildman–Crippen MR) is 219 cm³/mol. The Morgan fingerprint density at radius 3 is 0.706 bits per heavy atom. The summed E-state index contributed by atoms with van der Waals surface area (Å²) in [5, 5.41) is 53.5. The number of nitrogens with zero attached hydrogens (tertiary/aromatic N) is 4. The molecule has 0 rings (SSSR count). The van der Waals surface area contributed by atoms with E-state index in [2.05, 4.69) is 42.5 Å². The molecule has 0 aromatic carbocycles. The van der Waals surface area contributed by atoms with Gasteiger partial charge in [0.25, 0.3) is 0 Å². The molecule has 34 nitrogen and oxygen atoms in total. The standard InChI is InChI=1S/C34H52N14O20/c35-3-19(49)41-7-27(57)47(17-33(65)66)13-25(55)39-5-21(51)43-9-29(59)45(15-31(61)62)11-23(53)37-1-2-38-24(54)12-46(16-32(63)64)30(60)10-44-22(52)6-40-26(56)14-48(18-34(67)68)28(58)8-42-20(50)4-36/h1-18,35-36H2,(H,37,53)(H,38,54)(H,39,55)(H,40,56)(H,41,49)(H,42,50)(H,43,51)(H,44,52)(H,61,62)(H,63,64)(H,65,66)(H,67,68). The Kier molecular flexibility index (Phi) is 28.1. The van der Waals surface area contributed by atoms with Crippen LogP contribution in [0.1, 0.15) is 0 Å². The van der Waals surface area contributed by atoms with Crippen molar-refractivity contribution in [1.29, 1.82) is 0 Å². The van der Waals surface area contributed by atoms with E-state index in [0.717, 1.165) is 0 Å². The molecule has 378 valence electrons. The Hall–Kier alpha value is -8.56. The molecule has 16 N–H and O–H groups in total. The van der Waals surface area contributed by atoms with Crippen molar-refractivity contribution >= 4 is 94.8 Å². The Morgan fingerprint density at radius 1 is 0.279 bits per heavy atom. The topological polar surface area (TPSA) is 515 Å². The van der Waals surface area contributed by atoms with Crippen molar-refractivity contribution in [2.24, 2.45) is 11.5 Å². The lowest BCUT2D eigenvalue weighted by Crippen LogP contribution is -2.50. The third kappa shape index (κ3) is 28.3. The second-order valence-corrected chi connectivity index (χ2v) is 13.3. The van der Waals surface area contributed by atoms with Gasteiger partial charge in [-0.05, 0) is 0 Å². The molecule has 34 heteroatoms. The lowest BCUT2D eigenvalue weighted by Gasteiger charge is -2.22. The van der Waals surface area contributed by atoms with Crippen molar-refractivity contribution in [3.63, 3.8) is 0 Å². The number of amides is 12. The van der Waals surface area contributed by atoms with Crippen molar-refractivity contribution < 1.29 is 97.1 Å². The number of carbonyl (C=O) groups is 16. The largest absolute Gasteiger partial charge is 0.480 e. The minimum atomic E-state index is -1.56. The molecular weight excluding hydrogens is 924 g/mol. The summed E-state index contributed by atoms with van der Waals surface area (Å²) >= 11 is 0. The molecule has 0 fully saturated rings. The fourth-order valence-electron chi connectivity index (χ4n) is 4.67. The van der Waals surface area contributed by atoms with Crippen LogP contribution < -0.4 is 54.0 Å². The smallest absolute Gasteiger partial charge is 0.323 e. The lowest BCUT2D eigenvalue weighted by molar-refractivity contribution is -0.146. The van der Waals surface area contributed by atoms with Gasteiger partial charge in [-0.2, -0.15) is 0 Å². The van der Waals surface area contributed by atoms with Crippen LogP contribution in [-0.4, -0.2) is 253 Å². The number of carboxylic acids is 4. The van der Waals surface area contributed by atoms with Crippen LogP contribution in [-0.2, 0) is 76.7 Å². The lowest BCUT2D eigenvalue weighted by atomic mass is 10.3. The van der Waals surface area contributed by atoms with Crippen LogP contribution in [0.25, 0.3) is 0 Å². The normalized spacial score (nSPS) is 10.1. The molecule has 0 aliphatic heterocycles. The number of rotatable bonds is 33. The van der Waals surface area contributed by atoms with E-state index in [1.54, 1.807) is 0 Å². The molecule has 0 aromatic heterocycles. The summed E-state index contributed by atoms with van der Waals surface area (Å²) in [4.78, 5) is 193. The van der Waals surface area contributed by atoms with Gasteiger partial charge in [0.2, 0.25) is 70.9 Å². The van der Waals surface area contributed by atoms with Crippen LogP contribution in [0.4, 0.5) is 0 Å². The van der Waals surface area contributed by atoms with E-state index < -0.39 is 199 Å². The van der Waals surface area contributed by atoms with Crippen LogP contribution in [0.15, 0.2) is 0 Å². The molecule has 0 bridgehead atoms. The zero-order valence-electron chi connectivity index (χ0n) is 36.0. The summed E-state index contributed by atoms with van der Waals surface area (Å²) in [6.07, 6.45) is 0. The van der Waals surface area contributed by atoms with Crippen LogP contribution in [0, 0.1) is 0 Å². The molecule has 0 aliphatic rings. The molecule has 68 heavy (non-hydrogen) atoms. The molecule has 0 saturated carbocycles. The predicted octanol–water partition coefficient (Wildman–Crippen LogP) is -12.5. The first-order valence-electron chi connectivity index (χ1n) is 19.4. The number of hydrogen-bond acceptors (Lipinski definition) is 18. The fraction of sp³-hybridized carbons (Fsp3) is 0.529. The summed E-state index contributed by atoms with van der Waals surface area (Å²) in [6.45, 7) is -13.7. The van der Waals surface area contributed by atoms with E-state index in [9.17, 15) is 86.9 Å². The summed E-state index contributed by atoms with van der Waals surface area (Å²) in [6, 6.07) is 0. The van der Waals surface area contributed by atoms with Gasteiger partial charge in [-0.25, -0.2) is 0 Å².